The number of phenols is 1. The molecule has 0 atom stereocenters. The minimum absolute atomic E-state index is 0.210. The number of phenolic OH excluding ortho intramolecular Hbond substituents is 1. The summed E-state index contributed by atoms with van der Waals surface area (Å²) in [4.78, 5) is 0. The molecule has 2 aromatic rings. The summed E-state index contributed by atoms with van der Waals surface area (Å²) >= 11 is 0. The van der Waals surface area contributed by atoms with E-state index >= 15 is 0 Å². The zero-order chi connectivity index (χ0) is 13.0. The van der Waals surface area contributed by atoms with E-state index in [1.165, 1.54) is 12.1 Å². The van der Waals surface area contributed by atoms with Crippen LogP contribution in [0.2, 0.25) is 0 Å². The SMILES string of the molecule is C=CCc1cc(Oc2ccc(F)cc2)ccc1O. The lowest BCUT2D eigenvalue weighted by molar-refractivity contribution is 0.458. The van der Waals surface area contributed by atoms with Crippen LogP contribution in [0.3, 0.4) is 0 Å². The normalized spacial score (nSPS) is 10.1. The molecule has 0 saturated heterocycles. The number of benzene rings is 2. The Morgan fingerprint density at radius 2 is 1.78 bits per heavy atom. The van der Waals surface area contributed by atoms with Gasteiger partial charge in [0.05, 0.1) is 0 Å². The van der Waals surface area contributed by atoms with E-state index in [1.54, 1.807) is 36.4 Å². The molecule has 0 aliphatic rings. The molecule has 2 rings (SSSR count). The van der Waals surface area contributed by atoms with Gasteiger partial charge in [-0.15, -0.1) is 6.58 Å². The fourth-order valence-electron chi connectivity index (χ4n) is 1.58. The van der Waals surface area contributed by atoms with Gasteiger partial charge < -0.3 is 9.84 Å². The fourth-order valence-corrected chi connectivity index (χ4v) is 1.58. The van der Waals surface area contributed by atoms with E-state index in [2.05, 4.69) is 6.58 Å². The summed E-state index contributed by atoms with van der Waals surface area (Å²) in [5.41, 5.74) is 0.740. The van der Waals surface area contributed by atoms with Crippen molar-refractivity contribution in [1.82, 2.24) is 0 Å². The van der Waals surface area contributed by atoms with Gasteiger partial charge in [-0.25, -0.2) is 4.39 Å². The van der Waals surface area contributed by atoms with E-state index in [0.29, 0.717) is 17.9 Å². The van der Waals surface area contributed by atoms with Crippen LogP contribution in [0.15, 0.2) is 55.1 Å². The van der Waals surface area contributed by atoms with Gasteiger partial charge in [0.1, 0.15) is 23.1 Å². The van der Waals surface area contributed by atoms with Crippen molar-refractivity contribution in [3.63, 3.8) is 0 Å². The van der Waals surface area contributed by atoms with Crippen molar-refractivity contribution in [3.05, 3.63) is 66.5 Å². The van der Waals surface area contributed by atoms with Gasteiger partial charge in [0, 0.05) is 5.56 Å². The Labute approximate surface area is 105 Å². The van der Waals surface area contributed by atoms with Gasteiger partial charge in [0.25, 0.3) is 0 Å². The van der Waals surface area contributed by atoms with Crippen LogP contribution in [-0.4, -0.2) is 5.11 Å². The molecule has 0 aliphatic heterocycles. The Hall–Kier alpha value is -2.29. The van der Waals surface area contributed by atoms with Crippen molar-refractivity contribution in [1.29, 1.82) is 0 Å². The summed E-state index contributed by atoms with van der Waals surface area (Å²) in [6.45, 7) is 3.63. The van der Waals surface area contributed by atoms with E-state index < -0.39 is 0 Å². The average molecular weight is 244 g/mol. The van der Waals surface area contributed by atoms with E-state index in [9.17, 15) is 9.50 Å². The van der Waals surface area contributed by atoms with E-state index in [4.69, 9.17) is 4.74 Å². The summed E-state index contributed by atoms with van der Waals surface area (Å²) in [5.74, 6) is 1.05. The van der Waals surface area contributed by atoms with Crippen LogP contribution < -0.4 is 4.74 Å². The minimum Gasteiger partial charge on any atom is -0.508 e. The van der Waals surface area contributed by atoms with Crippen molar-refractivity contribution in [2.75, 3.05) is 0 Å². The molecule has 2 aromatic carbocycles. The third kappa shape index (κ3) is 2.88. The predicted octanol–water partition coefficient (Wildman–Crippen LogP) is 4.05. The number of hydrogen-bond acceptors (Lipinski definition) is 2. The highest BCUT2D eigenvalue weighted by Gasteiger charge is 2.03. The lowest BCUT2D eigenvalue weighted by Crippen LogP contribution is -1.88. The highest BCUT2D eigenvalue weighted by molar-refractivity contribution is 5.42. The van der Waals surface area contributed by atoms with Crippen LogP contribution in [0, 0.1) is 5.82 Å². The number of allylic oxidation sites excluding steroid dienone is 1. The Morgan fingerprint density at radius 1 is 1.11 bits per heavy atom. The summed E-state index contributed by atoms with van der Waals surface area (Å²) in [5, 5.41) is 9.62. The first-order valence-corrected chi connectivity index (χ1v) is 5.55. The van der Waals surface area contributed by atoms with Gasteiger partial charge in [-0.05, 0) is 48.9 Å². The third-order valence-electron chi connectivity index (χ3n) is 2.46. The molecule has 92 valence electrons. The second kappa shape index (κ2) is 5.36. The van der Waals surface area contributed by atoms with Crippen LogP contribution >= 0.6 is 0 Å². The Kier molecular flexibility index (Phi) is 3.63. The maximum Gasteiger partial charge on any atom is 0.127 e. The van der Waals surface area contributed by atoms with Crippen molar-refractivity contribution < 1.29 is 14.2 Å². The first-order valence-electron chi connectivity index (χ1n) is 5.55. The number of halogens is 1. The number of aromatic hydroxyl groups is 1. The molecule has 0 bridgehead atoms. The molecule has 3 heteroatoms. The van der Waals surface area contributed by atoms with Crippen LogP contribution in [-0.2, 0) is 6.42 Å². The molecule has 0 fully saturated rings. The monoisotopic (exact) mass is 244 g/mol. The van der Waals surface area contributed by atoms with Gasteiger partial charge in [0.2, 0.25) is 0 Å². The third-order valence-corrected chi connectivity index (χ3v) is 2.46. The minimum atomic E-state index is -0.305. The zero-order valence-corrected chi connectivity index (χ0v) is 9.77. The maximum atomic E-state index is 12.7. The van der Waals surface area contributed by atoms with Gasteiger partial charge >= 0.3 is 0 Å². The van der Waals surface area contributed by atoms with E-state index in [-0.39, 0.29) is 11.6 Å². The van der Waals surface area contributed by atoms with Crippen molar-refractivity contribution in [3.8, 4) is 17.2 Å². The first-order chi connectivity index (χ1) is 8.69. The molecule has 0 aliphatic carbocycles. The lowest BCUT2D eigenvalue weighted by atomic mass is 10.1. The molecule has 0 heterocycles. The molecule has 1 N–H and O–H groups in total. The van der Waals surface area contributed by atoms with Crippen LogP contribution in [0.25, 0.3) is 0 Å². The van der Waals surface area contributed by atoms with Crippen LogP contribution in [0.4, 0.5) is 4.39 Å². The second-order valence-corrected chi connectivity index (χ2v) is 3.84. The van der Waals surface area contributed by atoms with Crippen molar-refractivity contribution in [2.45, 2.75) is 6.42 Å². The summed E-state index contributed by atoms with van der Waals surface area (Å²) < 4.78 is 18.3. The molecule has 0 saturated carbocycles. The Balaban J connectivity index is 2.21. The molecule has 18 heavy (non-hydrogen) atoms. The predicted molar refractivity (Wildman–Crippen MR) is 68.5 cm³/mol. The highest BCUT2D eigenvalue weighted by atomic mass is 19.1. The smallest absolute Gasteiger partial charge is 0.127 e. The van der Waals surface area contributed by atoms with Gasteiger partial charge in [-0.1, -0.05) is 6.08 Å². The first kappa shape index (κ1) is 12.2. The summed E-state index contributed by atoms with van der Waals surface area (Å²) in [6, 6.07) is 10.7. The maximum absolute atomic E-state index is 12.7. The highest BCUT2D eigenvalue weighted by Crippen LogP contribution is 2.27. The van der Waals surface area contributed by atoms with E-state index in [0.717, 1.165) is 5.56 Å². The molecular weight excluding hydrogens is 231 g/mol. The Morgan fingerprint density at radius 3 is 2.44 bits per heavy atom. The molecule has 0 aromatic heterocycles. The number of ether oxygens (including phenoxy) is 1. The molecule has 0 amide bonds. The second-order valence-electron chi connectivity index (χ2n) is 3.84. The van der Waals surface area contributed by atoms with Gasteiger partial charge in [0.15, 0.2) is 0 Å². The molecule has 0 spiro atoms. The molecule has 0 radical (unpaired) electrons. The van der Waals surface area contributed by atoms with Crippen molar-refractivity contribution in [2.24, 2.45) is 0 Å². The fraction of sp³-hybridized carbons (Fsp3) is 0.0667. The summed E-state index contributed by atoms with van der Waals surface area (Å²) in [6.07, 6.45) is 2.27. The topological polar surface area (TPSA) is 29.5 Å². The number of rotatable bonds is 4. The molecule has 0 unspecified atom stereocenters. The average Bonchev–Trinajstić information content (AvgIpc) is 2.37. The lowest BCUT2D eigenvalue weighted by Gasteiger charge is -2.08. The van der Waals surface area contributed by atoms with Gasteiger partial charge in [-0.2, -0.15) is 0 Å². The van der Waals surface area contributed by atoms with Crippen LogP contribution in [0.1, 0.15) is 5.56 Å². The molecular formula is C15H13FO2. The standard InChI is InChI=1S/C15H13FO2/c1-2-3-11-10-14(8-9-15(11)17)18-13-6-4-12(16)5-7-13/h2,4-10,17H,1,3H2. The quantitative estimate of drug-likeness (QED) is 0.822. The van der Waals surface area contributed by atoms with Crippen molar-refractivity contribution >= 4 is 0 Å². The largest absolute Gasteiger partial charge is 0.508 e. The Bertz CT molecular complexity index is 547. The van der Waals surface area contributed by atoms with E-state index in [1.807, 2.05) is 0 Å². The number of hydrogen-bond donors (Lipinski definition) is 1. The summed E-state index contributed by atoms with van der Waals surface area (Å²) in [7, 11) is 0. The zero-order valence-electron chi connectivity index (χ0n) is 9.77. The van der Waals surface area contributed by atoms with Crippen LogP contribution in [0.5, 0.6) is 17.2 Å². The van der Waals surface area contributed by atoms with Gasteiger partial charge in [-0.3, -0.25) is 0 Å². The molecule has 2 nitrogen and oxygen atoms in total.